The van der Waals surface area contributed by atoms with E-state index in [1.165, 1.54) is 11.1 Å². The van der Waals surface area contributed by atoms with Crippen LogP contribution in [-0.2, 0) is 0 Å². The normalized spacial score (nSPS) is 17.0. The quantitative estimate of drug-likeness (QED) is 0.811. The van der Waals surface area contributed by atoms with E-state index < -0.39 is 0 Å². The Morgan fingerprint density at radius 2 is 1.89 bits per heavy atom. The molecule has 1 aliphatic heterocycles. The summed E-state index contributed by atoms with van der Waals surface area (Å²) in [6, 6.07) is 8.22. The summed E-state index contributed by atoms with van der Waals surface area (Å²) in [4.78, 5) is 4.91. The van der Waals surface area contributed by atoms with E-state index in [2.05, 4.69) is 48.1 Å². The summed E-state index contributed by atoms with van der Waals surface area (Å²) < 4.78 is 0. The molecule has 3 rings (SSSR count). The highest BCUT2D eigenvalue weighted by atomic mass is 79.9. The van der Waals surface area contributed by atoms with Gasteiger partial charge < -0.3 is 4.90 Å². The van der Waals surface area contributed by atoms with Crippen LogP contribution in [0.15, 0.2) is 30.5 Å². The Morgan fingerprint density at radius 1 is 1.11 bits per heavy atom. The number of fused-ring (bicyclic) bond motifs is 1. The lowest BCUT2D eigenvalue weighted by atomic mass is 10.2. The van der Waals surface area contributed by atoms with Gasteiger partial charge in [-0.05, 0) is 6.07 Å². The number of halogens is 1. The number of nitrogens with zero attached hydrogens (tertiary/aromatic N) is 4. The molecule has 4 nitrogen and oxygen atoms in total. The molecule has 0 aliphatic carbocycles. The highest BCUT2D eigenvalue weighted by molar-refractivity contribution is 9.09. The smallest absolute Gasteiger partial charge is 0.0950 e. The van der Waals surface area contributed by atoms with E-state index in [0.717, 1.165) is 43.6 Å². The number of anilines is 1. The molecule has 0 spiro atoms. The van der Waals surface area contributed by atoms with Gasteiger partial charge in [0.05, 0.1) is 17.4 Å². The van der Waals surface area contributed by atoms with Crippen molar-refractivity contribution in [3.63, 3.8) is 0 Å². The van der Waals surface area contributed by atoms with Crippen LogP contribution in [0.1, 0.15) is 0 Å². The van der Waals surface area contributed by atoms with E-state index in [9.17, 15) is 0 Å². The molecule has 0 amide bonds. The van der Waals surface area contributed by atoms with Gasteiger partial charge in [-0.2, -0.15) is 10.2 Å². The summed E-state index contributed by atoms with van der Waals surface area (Å²) in [6.45, 7) is 5.47. The molecule has 100 valence electrons. The van der Waals surface area contributed by atoms with E-state index in [-0.39, 0.29) is 0 Å². The van der Waals surface area contributed by atoms with Crippen LogP contribution >= 0.6 is 15.9 Å². The van der Waals surface area contributed by atoms with Gasteiger partial charge in [-0.1, -0.05) is 34.1 Å². The molecular formula is C14H17BrN4. The summed E-state index contributed by atoms with van der Waals surface area (Å²) in [5, 5.41) is 10.6. The number of alkyl halides is 1. The van der Waals surface area contributed by atoms with Crippen molar-refractivity contribution in [1.29, 1.82) is 0 Å². The Kier molecular flexibility index (Phi) is 3.94. The molecule has 1 aromatic carbocycles. The van der Waals surface area contributed by atoms with Gasteiger partial charge in [0.1, 0.15) is 0 Å². The van der Waals surface area contributed by atoms with Crippen LogP contribution in [0.2, 0.25) is 0 Å². The second-order valence-corrected chi connectivity index (χ2v) is 5.56. The molecule has 1 saturated heterocycles. The third-order valence-electron chi connectivity index (χ3n) is 3.64. The van der Waals surface area contributed by atoms with Crippen LogP contribution in [0.4, 0.5) is 5.69 Å². The summed E-state index contributed by atoms with van der Waals surface area (Å²) in [6.07, 6.45) is 1.89. The maximum atomic E-state index is 4.19. The molecule has 0 atom stereocenters. The summed E-state index contributed by atoms with van der Waals surface area (Å²) in [5.74, 6) is 0. The highest BCUT2D eigenvalue weighted by Gasteiger charge is 2.18. The van der Waals surface area contributed by atoms with Crippen molar-refractivity contribution in [3.05, 3.63) is 30.5 Å². The van der Waals surface area contributed by atoms with E-state index in [4.69, 9.17) is 0 Å². The van der Waals surface area contributed by atoms with Gasteiger partial charge in [0.25, 0.3) is 0 Å². The van der Waals surface area contributed by atoms with Crippen molar-refractivity contribution in [2.45, 2.75) is 0 Å². The molecule has 2 aromatic rings. The van der Waals surface area contributed by atoms with Crippen molar-refractivity contribution >= 4 is 32.5 Å². The van der Waals surface area contributed by atoms with Crippen molar-refractivity contribution in [1.82, 2.24) is 15.1 Å². The lowest BCUT2D eigenvalue weighted by molar-refractivity contribution is 0.274. The number of hydrogen-bond acceptors (Lipinski definition) is 4. The molecule has 19 heavy (non-hydrogen) atoms. The van der Waals surface area contributed by atoms with E-state index in [1.54, 1.807) is 0 Å². The number of rotatable bonds is 3. The van der Waals surface area contributed by atoms with Crippen LogP contribution in [-0.4, -0.2) is 53.2 Å². The first-order chi connectivity index (χ1) is 9.38. The van der Waals surface area contributed by atoms with Gasteiger partial charge in [0.15, 0.2) is 0 Å². The standard InChI is InChI=1S/C14H17BrN4/c15-5-6-18-7-9-19(10-8-18)14-11-16-17-13-4-2-1-3-12(13)14/h1-4,11H,5-10H2. The van der Waals surface area contributed by atoms with Crippen LogP contribution < -0.4 is 4.90 Å². The lowest BCUT2D eigenvalue weighted by Gasteiger charge is -2.36. The first-order valence-electron chi connectivity index (χ1n) is 6.62. The number of benzene rings is 1. The predicted octanol–water partition coefficient (Wildman–Crippen LogP) is 2.15. The average Bonchev–Trinajstić information content (AvgIpc) is 2.48. The summed E-state index contributed by atoms with van der Waals surface area (Å²) >= 11 is 3.50. The van der Waals surface area contributed by atoms with Gasteiger partial charge in [-0.15, -0.1) is 0 Å². The zero-order valence-electron chi connectivity index (χ0n) is 10.8. The van der Waals surface area contributed by atoms with Crippen LogP contribution in [0.25, 0.3) is 10.9 Å². The van der Waals surface area contributed by atoms with Crippen LogP contribution in [0, 0.1) is 0 Å². The third-order valence-corrected chi connectivity index (χ3v) is 3.99. The molecule has 0 unspecified atom stereocenters. The van der Waals surface area contributed by atoms with Crippen molar-refractivity contribution in [2.24, 2.45) is 0 Å². The first kappa shape index (κ1) is 12.8. The van der Waals surface area contributed by atoms with Crippen LogP contribution in [0.5, 0.6) is 0 Å². The maximum Gasteiger partial charge on any atom is 0.0950 e. The van der Waals surface area contributed by atoms with Gasteiger partial charge in [0, 0.05) is 43.4 Å². The fourth-order valence-corrected chi connectivity index (χ4v) is 3.08. The minimum absolute atomic E-state index is 0.975. The lowest BCUT2D eigenvalue weighted by Crippen LogP contribution is -2.47. The molecule has 0 saturated carbocycles. The van der Waals surface area contributed by atoms with E-state index >= 15 is 0 Å². The molecule has 1 aromatic heterocycles. The topological polar surface area (TPSA) is 32.3 Å². The van der Waals surface area contributed by atoms with Gasteiger partial charge in [-0.25, -0.2) is 0 Å². The van der Waals surface area contributed by atoms with Gasteiger partial charge in [-0.3, -0.25) is 4.90 Å². The molecule has 0 radical (unpaired) electrons. The maximum absolute atomic E-state index is 4.19. The molecule has 1 aliphatic rings. The summed E-state index contributed by atoms with van der Waals surface area (Å²) in [7, 11) is 0. The molecule has 2 heterocycles. The fourth-order valence-electron chi connectivity index (χ4n) is 2.58. The van der Waals surface area contributed by atoms with E-state index in [0.29, 0.717) is 0 Å². The Labute approximate surface area is 121 Å². The molecular weight excluding hydrogens is 304 g/mol. The van der Waals surface area contributed by atoms with Gasteiger partial charge >= 0.3 is 0 Å². The average molecular weight is 321 g/mol. The SMILES string of the molecule is BrCCN1CCN(c2cnnc3ccccc23)CC1. The summed E-state index contributed by atoms with van der Waals surface area (Å²) in [5.41, 5.74) is 2.19. The molecule has 1 fully saturated rings. The largest absolute Gasteiger partial charge is 0.367 e. The Hall–Kier alpha value is -1.20. The minimum Gasteiger partial charge on any atom is -0.367 e. The zero-order valence-corrected chi connectivity index (χ0v) is 12.4. The van der Waals surface area contributed by atoms with Gasteiger partial charge in [0.2, 0.25) is 0 Å². The van der Waals surface area contributed by atoms with Crippen LogP contribution in [0.3, 0.4) is 0 Å². The van der Waals surface area contributed by atoms with Crippen molar-refractivity contribution in [2.75, 3.05) is 43.0 Å². The first-order valence-corrected chi connectivity index (χ1v) is 7.74. The molecule has 5 heteroatoms. The second kappa shape index (κ2) is 5.84. The number of hydrogen-bond donors (Lipinski definition) is 0. The van der Waals surface area contributed by atoms with E-state index in [1.807, 2.05) is 18.3 Å². The van der Waals surface area contributed by atoms with Crippen molar-refractivity contribution in [3.8, 4) is 0 Å². The fraction of sp³-hybridized carbons (Fsp3) is 0.429. The minimum atomic E-state index is 0.975. The number of aromatic nitrogens is 2. The number of piperazine rings is 1. The second-order valence-electron chi connectivity index (χ2n) is 4.76. The highest BCUT2D eigenvalue weighted by Crippen LogP contribution is 2.24. The third kappa shape index (κ3) is 2.72. The van der Waals surface area contributed by atoms with Crippen molar-refractivity contribution < 1.29 is 0 Å². The predicted molar refractivity (Wildman–Crippen MR) is 82.0 cm³/mol. The Bertz CT molecular complexity index is 547. The Balaban J connectivity index is 1.82. The Morgan fingerprint density at radius 3 is 2.68 bits per heavy atom. The molecule has 0 bridgehead atoms. The monoisotopic (exact) mass is 320 g/mol. The zero-order chi connectivity index (χ0) is 13.1. The molecule has 0 N–H and O–H groups in total.